The number of rotatable bonds is 16. The van der Waals surface area contributed by atoms with E-state index < -0.39 is 11.9 Å². The number of hydrogen-bond acceptors (Lipinski definition) is 8. The number of carbonyl (C=O) groups is 3. The van der Waals surface area contributed by atoms with Crippen LogP contribution >= 0.6 is 0 Å². The Morgan fingerprint density at radius 2 is 1.58 bits per heavy atom. The summed E-state index contributed by atoms with van der Waals surface area (Å²) in [6.07, 6.45) is 7.23. The molecule has 0 aliphatic heterocycles. The second kappa shape index (κ2) is 16.6. The first-order valence-corrected chi connectivity index (χ1v) is 12.6. The van der Waals surface area contributed by atoms with Crippen LogP contribution in [0.25, 0.3) is 6.08 Å². The second-order valence-corrected chi connectivity index (χ2v) is 8.50. The summed E-state index contributed by atoms with van der Waals surface area (Å²) in [6.45, 7) is 8.54. The Morgan fingerprint density at radius 1 is 0.868 bits per heavy atom. The zero-order valence-corrected chi connectivity index (χ0v) is 22.3. The second-order valence-electron chi connectivity index (χ2n) is 8.50. The van der Waals surface area contributed by atoms with Crippen molar-refractivity contribution >= 4 is 24.0 Å². The summed E-state index contributed by atoms with van der Waals surface area (Å²) in [5, 5.41) is 0. The molecule has 0 saturated carbocycles. The molecule has 0 fully saturated rings. The third-order valence-corrected chi connectivity index (χ3v) is 5.22. The van der Waals surface area contributed by atoms with Crippen LogP contribution in [0, 0.1) is 0 Å². The van der Waals surface area contributed by atoms with Crippen molar-refractivity contribution in [2.75, 3.05) is 26.9 Å². The van der Waals surface area contributed by atoms with Gasteiger partial charge in [0, 0.05) is 11.6 Å². The fourth-order valence-electron chi connectivity index (χ4n) is 3.15. The zero-order chi connectivity index (χ0) is 27.8. The molecule has 0 aliphatic carbocycles. The number of carbonyl (C=O) groups excluding carboxylic acids is 3. The van der Waals surface area contributed by atoms with E-state index in [9.17, 15) is 14.4 Å². The van der Waals surface area contributed by atoms with Gasteiger partial charge in [-0.1, -0.05) is 19.6 Å². The monoisotopic (exact) mass is 524 g/mol. The molecule has 0 N–H and O–H groups in total. The smallest absolute Gasteiger partial charge is 0.343 e. The number of hydrogen-bond donors (Lipinski definition) is 0. The largest absolute Gasteiger partial charge is 0.494 e. The molecular formula is C30H36O8. The Hall–Kier alpha value is -4.07. The Balaban J connectivity index is 1.84. The van der Waals surface area contributed by atoms with E-state index in [-0.39, 0.29) is 11.7 Å². The Kier molecular flexibility index (Phi) is 13.2. The maximum Gasteiger partial charge on any atom is 0.343 e. The quantitative estimate of drug-likeness (QED) is 0.115. The molecule has 8 nitrogen and oxygen atoms in total. The topological polar surface area (TPSA) is 97.4 Å². The van der Waals surface area contributed by atoms with Crippen LogP contribution in [0.15, 0.2) is 60.7 Å². The van der Waals surface area contributed by atoms with E-state index in [1.54, 1.807) is 55.5 Å². The van der Waals surface area contributed by atoms with E-state index >= 15 is 0 Å². The maximum atomic E-state index is 12.7. The summed E-state index contributed by atoms with van der Waals surface area (Å²) in [6, 6.07) is 11.8. The van der Waals surface area contributed by atoms with Crippen molar-refractivity contribution in [1.82, 2.24) is 0 Å². The SMILES string of the molecule is C=C(C)C(=O)OCCCCCCOc1ccc(C(=O)Oc2ccc(/C=C/C(=O)OC)cc2OCCC)cc1. The van der Waals surface area contributed by atoms with Crippen molar-refractivity contribution in [2.45, 2.75) is 46.0 Å². The van der Waals surface area contributed by atoms with Gasteiger partial charge in [0.25, 0.3) is 0 Å². The first kappa shape index (κ1) is 30.2. The van der Waals surface area contributed by atoms with Gasteiger partial charge in [0.2, 0.25) is 0 Å². The van der Waals surface area contributed by atoms with Crippen LogP contribution in [0.2, 0.25) is 0 Å². The summed E-state index contributed by atoms with van der Waals surface area (Å²) in [7, 11) is 1.31. The average Bonchev–Trinajstić information content (AvgIpc) is 2.92. The first-order valence-electron chi connectivity index (χ1n) is 12.6. The van der Waals surface area contributed by atoms with Crippen molar-refractivity contribution < 1.29 is 38.1 Å². The molecule has 8 heteroatoms. The van der Waals surface area contributed by atoms with Crippen LogP contribution in [-0.4, -0.2) is 44.8 Å². The van der Waals surface area contributed by atoms with Crippen LogP contribution in [0.4, 0.5) is 0 Å². The Bertz CT molecular complexity index is 1100. The lowest BCUT2D eigenvalue weighted by atomic mass is 10.2. The van der Waals surface area contributed by atoms with E-state index in [0.29, 0.717) is 48.0 Å². The molecule has 38 heavy (non-hydrogen) atoms. The molecule has 0 heterocycles. The number of ether oxygens (including phenoxy) is 5. The molecule has 0 saturated heterocycles. The van der Waals surface area contributed by atoms with E-state index in [1.807, 2.05) is 6.92 Å². The lowest BCUT2D eigenvalue weighted by Gasteiger charge is -2.12. The number of methoxy groups -OCH3 is 1. The van der Waals surface area contributed by atoms with E-state index in [2.05, 4.69) is 11.3 Å². The van der Waals surface area contributed by atoms with E-state index in [4.69, 9.17) is 18.9 Å². The molecule has 0 aromatic heterocycles. The number of unbranched alkanes of at least 4 members (excludes halogenated alkanes) is 3. The van der Waals surface area contributed by atoms with Crippen LogP contribution < -0.4 is 14.2 Å². The normalized spacial score (nSPS) is 10.6. The van der Waals surface area contributed by atoms with Crippen molar-refractivity contribution in [2.24, 2.45) is 0 Å². The predicted octanol–water partition coefficient (Wildman–Crippen LogP) is 5.94. The average molecular weight is 525 g/mol. The molecule has 0 atom stereocenters. The van der Waals surface area contributed by atoms with Crippen molar-refractivity contribution in [3.05, 3.63) is 71.8 Å². The highest BCUT2D eigenvalue weighted by molar-refractivity contribution is 5.91. The predicted molar refractivity (Wildman–Crippen MR) is 144 cm³/mol. The number of benzene rings is 2. The summed E-state index contributed by atoms with van der Waals surface area (Å²) in [5.41, 5.74) is 1.48. The summed E-state index contributed by atoms with van der Waals surface area (Å²) in [4.78, 5) is 35.4. The van der Waals surface area contributed by atoms with Gasteiger partial charge in [0.15, 0.2) is 11.5 Å². The summed E-state index contributed by atoms with van der Waals surface area (Å²) in [5.74, 6) is -0.000208. The molecule has 2 aromatic carbocycles. The first-order chi connectivity index (χ1) is 18.3. The van der Waals surface area contributed by atoms with Gasteiger partial charge in [-0.2, -0.15) is 0 Å². The summed E-state index contributed by atoms with van der Waals surface area (Å²) < 4.78 is 26.8. The van der Waals surface area contributed by atoms with Crippen molar-refractivity contribution in [1.29, 1.82) is 0 Å². The van der Waals surface area contributed by atoms with Crippen LogP contribution in [0.1, 0.15) is 61.9 Å². The lowest BCUT2D eigenvalue weighted by molar-refractivity contribution is -0.139. The fourth-order valence-corrected chi connectivity index (χ4v) is 3.15. The standard InChI is InChI=1S/C30H36O8/c1-5-18-36-27-21-23(11-17-28(31)34-4)10-16-26(27)38-30(33)24-12-14-25(15-13-24)35-19-8-6-7-9-20-37-29(32)22(2)3/h10-17,21H,2,5-9,18-20H2,1,3-4H3/b17-11+. The van der Waals surface area contributed by atoms with Crippen LogP contribution in [-0.2, 0) is 19.1 Å². The molecule has 204 valence electrons. The van der Waals surface area contributed by atoms with Gasteiger partial charge in [-0.3, -0.25) is 0 Å². The van der Waals surface area contributed by atoms with Gasteiger partial charge in [0.1, 0.15) is 5.75 Å². The molecular weight excluding hydrogens is 488 g/mol. The highest BCUT2D eigenvalue weighted by Crippen LogP contribution is 2.30. The van der Waals surface area contributed by atoms with Gasteiger partial charge in [-0.05, 0) is 87.1 Å². The molecule has 0 unspecified atom stereocenters. The highest BCUT2D eigenvalue weighted by Gasteiger charge is 2.14. The molecule has 0 amide bonds. The fraction of sp³-hybridized carbons (Fsp3) is 0.367. The third-order valence-electron chi connectivity index (χ3n) is 5.22. The highest BCUT2D eigenvalue weighted by atomic mass is 16.6. The zero-order valence-electron chi connectivity index (χ0n) is 22.3. The van der Waals surface area contributed by atoms with Gasteiger partial charge in [-0.15, -0.1) is 0 Å². The third kappa shape index (κ3) is 10.9. The minimum absolute atomic E-state index is 0.286. The van der Waals surface area contributed by atoms with Gasteiger partial charge < -0.3 is 23.7 Å². The minimum atomic E-state index is -0.525. The van der Waals surface area contributed by atoms with Crippen molar-refractivity contribution in [3.8, 4) is 17.2 Å². The van der Waals surface area contributed by atoms with Gasteiger partial charge in [-0.25, -0.2) is 14.4 Å². The molecule has 2 rings (SSSR count). The molecule has 0 spiro atoms. The number of esters is 3. The van der Waals surface area contributed by atoms with Gasteiger partial charge in [0.05, 0.1) is 32.5 Å². The maximum absolute atomic E-state index is 12.7. The Labute approximate surface area is 224 Å². The molecule has 2 aromatic rings. The van der Waals surface area contributed by atoms with E-state index in [0.717, 1.165) is 32.1 Å². The molecule has 0 aliphatic rings. The summed E-state index contributed by atoms with van der Waals surface area (Å²) >= 11 is 0. The van der Waals surface area contributed by atoms with Gasteiger partial charge >= 0.3 is 17.9 Å². The van der Waals surface area contributed by atoms with E-state index in [1.165, 1.54) is 13.2 Å². The molecule has 0 radical (unpaired) electrons. The Morgan fingerprint density at radius 3 is 2.24 bits per heavy atom. The minimum Gasteiger partial charge on any atom is -0.494 e. The lowest BCUT2D eigenvalue weighted by Crippen LogP contribution is -2.10. The van der Waals surface area contributed by atoms with Crippen LogP contribution in [0.3, 0.4) is 0 Å². The molecule has 0 bridgehead atoms. The van der Waals surface area contributed by atoms with Crippen LogP contribution in [0.5, 0.6) is 17.2 Å². The van der Waals surface area contributed by atoms with Crippen molar-refractivity contribution in [3.63, 3.8) is 0 Å².